The van der Waals surface area contributed by atoms with Gasteiger partial charge in [0.2, 0.25) is 5.91 Å². The molecule has 0 unspecified atom stereocenters. The number of carbonyl (C=O) groups excluding carboxylic acids is 2. The minimum atomic E-state index is -0.305. The molecule has 1 aromatic rings. The number of benzene rings is 1. The van der Waals surface area contributed by atoms with Crippen LogP contribution in [-0.2, 0) is 11.2 Å². The van der Waals surface area contributed by atoms with Crippen LogP contribution in [0.3, 0.4) is 0 Å². The molecule has 1 aliphatic rings. The van der Waals surface area contributed by atoms with Crippen LogP contribution < -0.4 is 5.32 Å². The Balaban J connectivity index is 1.88. The molecule has 5 nitrogen and oxygen atoms in total. The number of rotatable bonds is 4. The largest absolute Gasteiger partial charge is 0.343 e. The lowest BCUT2D eigenvalue weighted by atomic mass is 10.1. The predicted octanol–water partition coefficient (Wildman–Crippen LogP) is 2.72. The number of anilines is 1. The van der Waals surface area contributed by atoms with Gasteiger partial charge in [-0.05, 0) is 36.5 Å². The van der Waals surface area contributed by atoms with Crippen LogP contribution >= 0.6 is 0 Å². The van der Waals surface area contributed by atoms with Crippen LogP contribution in [0.25, 0.3) is 0 Å². The van der Waals surface area contributed by atoms with Gasteiger partial charge in [0.15, 0.2) is 0 Å². The first-order valence-corrected chi connectivity index (χ1v) is 7.96. The van der Waals surface area contributed by atoms with Gasteiger partial charge < -0.3 is 15.1 Å². The molecule has 1 fully saturated rings. The van der Waals surface area contributed by atoms with Crippen molar-refractivity contribution in [1.29, 1.82) is 0 Å². The number of likely N-dealkylation sites (tertiary alicyclic amines) is 1. The molecule has 1 saturated heterocycles. The van der Waals surface area contributed by atoms with Crippen LogP contribution in [0.2, 0.25) is 0 Å². The van der Waals surface area contributed by atoms with Crippen molar-refractivity contribution < 1.29 is 14.0 Å². The molecule has 1 atom stereocenters. The van der Waals surface area contributed by atoms with Gasteiger partial charge in [0, 0.05) is 39.3 Å². The molecule has 0 saturated carbocycles. The summed E-state index contributed by atoms with van der Waals surface area (Å²) in [4.78, 5) is 26.9. The minimum Gasteiger partial charge on any atom is -0.343 e. The summed E-state index contributed by atoms with van der Waals surface area (Å²) in [6.45, 7) is 5.46. The molecule has 1 aromatic carbocycles. The molecule has 3 amide bonds. The van der Waals surface area contributed by atoms with Gasteiger partial charge in [-0.15, -0.1) is 0 Å². The summed E-state index contributed by atoms with van der Waals surface area (Å²) in [7, 11) is 1.71. The van der Waals surface area contributed by atoms with Crippen LogP contribution in [0.1, 0.15) is 25.8 Å². The van der Waals surface area contributed by atoms with Crippen molar-refractivity contribution in [2.24, 2.45) is 5.92 Å². The highest BCUT2D eigenvalue weighted by atomic mass is 19.1. The fourth-order valence-corrected chi connectivity index (χ4v) is 2.87. The van der Waals surface area contributed by atoms with Crippen molar-refractivity contribution in [3.05, 3.63) is 29.6 Å². The summed E-state index contributed by atoms with van der Waals surface area (Å²) in [6.07, 6.45) is 1.52. The SMILES string of the molecule is CCc1ccc(NC(=O)N(C)C[C@H]2CCN(C(C)=O)C2)cc1F. The molecular formula is C17H24FN3O2. The Bertz CT molecular complexity index is 591. The number of halogens is 1. The maximum absolute atomic E-state index is 13.7. The van der Waals surface area contributed by atoms with Gasteiger partial charge in [-0.1, -0.05) is 13.0 Å². The van der Waals surface area contributed by atoms with E-state index < -0.39 is 0 Å². The first kappa shape index (κ1) is 17.2. The Hall–Kier alpha value is -2.11. The van der Waals surface area contributed by atoms with Crippen LogP contribution in [0.4, 0.5) is 14.9 Å². The number of amides is 3. The fraction of sp³-hybridized carbons (Fsp3) is 0.529. The molecule has 0 radical (unpaired) electrons. The van der Waals surface area contributed by atoms with E-state index in [0.717, 1.165) is 13.0 Å². The standard InChI is InChI=1S/C17H24FN3O2/c1-4-14-5-6-15(9-16(14)18)19-17(23)20(3)10-13-7-8-21(11-13)12(2)22/h5-6,9,13H,4,7-8,10-11H2,1-3H3,(H,19,23)/t13-/m1/s1. The first-order valence-electron chi connectivity index (χ1n) is 7.96. The molecule has 1 N–H and O–H groups in total. The zero-order valence-electron chi connectivity index (χ0n) is 13.9. The maximum Gasteiger partial charge on any atom is 0.321 e. The third-order valence-corrected chi connectivity index (χ3v) is 4.30. The second kappa shape index (κ2) is 7.44. The topological polar surface area (TPSA) is 52.7 Å². The highest BCUT2D eigenvalue weighted by molar-refractivity contribution is 5.89. The summed E-state index contributed by atoms with van der Waals surface area (Å²) in [5, 5.41) is 2.71. The van der Waals surface area contributed by atoms with Gasteiger partial charge >= 0.3 is 6.03 Å². The van der Waals surface area contributed by atoms with Crippen molar-refractivity contribution in [2.75, 3.05) is 32.0 Å². The Morgan fingerprint density at radius 3 is 2.74 bits per heavy atom. The normalized spacial score (nSPS) is 17.2. The average molecular weight is 321 g/mol. The van der Waals surface area contributed by atoms with Crippen molar-refractivity contribution >= 4 is 17.6 Å². The summed E-state index contributed by atoms with van der Waals surface area (Å²) >= 11 is 0. The molecule has 126 valence electrons. The summed E-state index contributed by atoms with van der Waals surface area (Å²) in [5.74, 6) is 0.0563. The lowest BCUT2D eigenvalue weighted by Crippen LogP contribution is -2.36. The van der Waals surface area contributed by atoms with Crippen LogP contribution in [-0.4, -0.2) is 48.4 Å². The van der Waals surface area contributed by atoms with E-state index in [1.807, 2.05) is 6.92 Å². The molecule has 0 spiro atoms. The molecule has 0 aromatic heterocycles. The van der Waals surface area contributed by atoms with Gasteiger partial charge in [0.05, 0.1) is 0 Å². The number of nitrogens with one attached hydrogen (secondary N) is 1. The van der Waals surface area contributed by atoms with E-state index in [0.29, 0.717) is 30.8 Å². The lowest BCUT2D eigenvalue weighted by molar-refractivity contribution is -0.127. The lowest BCUT2D eigenvalue weighted by Gasteiger charge is -2.22. The molecule has 23 heavy (non-hydrogen) atoms. The third-order valence-electron chi connectivity index (χ3n) is 4.30. The Morgan fingerprint density at radius 2 is 2.17 bits per heavy atom. The molecule has 0 bridgehead atoms. The zero-order chi connectivity index (χ0) is 17.0. The van der Waals surface area contributed by atoms with E-state index in [1.54, 1.807) is 35.9 Å². The monoisotopic (exact) mass is 321 g/mol. The van der Waals surface area contributed by atoms with E-state index in [1.165, 1.54) is 6.07 Å². The van der Waals surface area contributed by atoms with Crippen LogP contribution in [0.15, 0.2) is 18.2 Å². The summed E-state index contributed by atoms with van der Waals surface area (Å²) in [6, 6.07) is 4.47. The van der Waals surface area contributed by atoms with Gasteiger partial charge in [0.25, 0.3) is 0 Å². The molecule has 1 aliphatic heterocycles. The number of hydrogen-bond acceptors (Lipinski definition) is 2. The second-order valence-electron chi connectivity index (χ2n) is 6.09. The van der Waals surface area contributed by atoms with Crippen molar-refractivity contribution in [1.82, 2.24) is 9.80 Å². The second-order valence-corrected chi connectivity index (χ2v) is 6.09. The van der Waals surface area contributed by atoms with E-state index in [2.05, 4.69) is 5.32 Å². The molecule has 2 rings (SSSR count). The van der Waals surface area contributed by atoms with Crippen molar-refractivity contribution in [3.8, 4) is 0 Å². The zero-order valence-corrected chi connectivity index (χ0v) is 13.9. The number of hydrogen-bond donors (Lipinski definition) is 1. The minimum absolute atomic E-state index is 0.0751. The highest BCUT2D eigenvalue weighted by Crippen LogP contribution is 2.18. The average Bonchev–Trinajstić information content (AvgIpc) is 2.96. The number of urea groups is 1. The van der Waals surface area contributed by atoms with Crippen molar-refractivity contribution in [3.63, 3.8) is 0 Å². The molecule has 0 aliphatic carbocycles. The number of carbonyl (C=O) groups is 2. The van der Waals surface area contributed by atoms with E-state index in [9.17, 15) is 14.0 Å². The third kappa shape index (κ3) is 4.43. The quantitative estimate of drug-likeness (QED) is 0.927. The summed E-state index contributed by atoms with van der Waals surface area (Å²) < 4.78 is 13.7. The van der Waals surface area contributed by atoms with Crippen LogP contribution in [0, 0.1) is 11.7 Å². The fourth-order valence-electron chi connectivity index (χ4n) is 2.87. The molecular weight excluding hydrogens is 297 g/mol. The smallest absolute Gasteiger partial charge is 0.321 e. The van der Waals surface area contributed by atoms with Gasteiger partial charge in [0.1, 0.15) is 5.82 Å². The van der Waals surface area contributed by atoms with E-state index in [4.69, 9.17) is 0 Å². The Kier molecular flexibility index (Phi) is 5.58. The van der Waals surface area contributed by atoms with E-state index in [-0.39, 0.29) is 23.7 Å². The first-order chi connectivity index (χ1) is 10.9. The maximum atomic E-state index is 13.7. The van der Waals surface area contributed by atoms with Crippen LogP contribution in [0.5, 0.6) is 0 Å². The Morgan fingerprint density at radius 1 is 1.43 bits per heavy atom. The summed E-state index contributed by atoms with van der Waals surface area (Å²) in [5.41, 5.74) is 1.08. The number of nitrogens with zero attached hydrogens (tertiary/aromatic N) is 2. The van der Waals surface area contributed by atoms with Gasteiger partial charge in [-0.25, -0.2) is 9.18 Å². The molecule has 6 heteroatoms. The van der Waals surface area contributed by atoms with Gasteiger partial charge in [-0.3, -0.25) is 4.79 Å². The van der Waals surface area contributed by atoms with Gasteiger partial charge in [-0.2, -0.15) is 0 Å². The predicted molar refractivity (Wildman–Crippen MR) is 87.8 cm³/mol. The Labute approximate surface area is 136 Å². The number of aryl methyl sites for hydroxylation is 1. The molecule has 1 heterocycles. The highest BCUT2D eigenvalue weighted by Gasteiger charge is 2.26. The van der Waals surface area contributed by atoms with E-state index >= 15 is 0 Å². The van der Waals surface area contributed by atoms with Crippen molar-refractivity contribution in [2.45, 2.75) is 26.7 Å².